The number of carboxylic acids is 1. The first-order chi connectivity index (χ1) is 22.2. The minimum absolute atomic E-state index is 0.0263. The number of amides is 4. The van der Waals surface area contributed by atoms with Crippen molar-refractivity contribution in [1.29, 1.82) is 0 Å². The molecule has 5 rings (SSSR count). The number of nitrogens with one attached hydrogen (secondary N) is 1. The van der Waals surface area contributed by atoms with Gasteiger partial charge in [-0.25, -0.2) is 9.18 Å². The third-order valence-corrected chi connectivity index (χ3v) is 9.85. The smallest absolute Gasteiger partial charge is 0.326 e. The van der Waals surface area contributed by atoms with Crippen molar-refractivity contribution in [2.24, 2.45) is 11.3 Å². The van der Waals surface area contributed by atoms with Gasteiger partial charge in [-0.3, -0.25) is 24.2 Å². The lowest BCUT2D eigenvalue weighted by Crippen LogP contribution is -2.56. The van der Waals surface area contributed by atoms with Crippen LogP contribution in [0.1, 0.15) is 30.9 Å². The van der Waals surface area contributed by atoms with Crippen LogP contribution in [-0.4, -0.2) is 84.5 Å². The van der Waals surface area contributed by atoms with Gasteiger partial charge in [0.25, 0.3) is 0 Å². The summed E-state index contributed by atoms with van der Waals surface area (Å²) in [6, 6.07) is 13.5. The number of imide groups is 1. The number of carbonyl (C=O) groups excluding carboxylic acids is 3. The van der Waals surface area contributed by atoms with Crippen molar-refractivity contribution in [2.45, 2.75) is 33.2 Å². The second-order valence-electron chi connectivity index (χ2n) is 12.5. The van der Waals surface area contributed by atoms with E-state index in [-0.39, 0.29) is 13.1 Å². The molecule has 1 atom stereocenters. The average Bonchev–Trinajstić information content (AvgIpc) is 3.04. The molecule has 2 heterocycles. The predicted octanol–water partition coefficient (Wildman–Crippen LogP) is 5.90. The maximum atomic E-state index is 15.7. The fraction of sp³-hybridized carbons (Fsp3) is 0.371. The van der Waals surface area contributed by atoms with Crippen molar-refractivity contribution in [3.63, 3.8) is 0 Å². The van der Waals surface area contributed by atoms with Crippen LogP contribution < -0.4 is 10.1 Å². The molecule has 0 spiro atoms. The van der Waals surface area contributed by atoms with Crippen LogP contribution in [0.3, 0.4) is 0 Å². The van der Waals surface area contributed by atoms with Crippen LogP contribution >= 0.6 is 11.6 Å². The van der Waals surface area contributed by atoms with Crippen LogP contribution in [-0.2, 0) is 20.9 Å². The van der Waals surface area contributed by atoms with E-state index in [1.165, 1.54) is 32.2 Å². The van der Waals surface area contributed by atoms with E-state index in [1.54, 1.807) is 31.2 Å². The zero-order chi connectivity index (χ0) is 34.2. The molecule has 4 amide bonds. The summed E-state index contributed by atoms with van der Waals surface area (Å²) in [5, 5.41) is 12.8. The van der Waals surface area contributed by atoms with Crippen LogP contribution in [0.2, 0.25) is 5.02 Å². The molecule has 1 unspecified atom stereocenters. The van der Waals surface area contributed by atoms with E-state index in [4.69, 9.17) is 16.3 Å². The normalized spacial score (nSPS) is 18.3. The van der Waals surface area contributed by atoms with Crippen LogP contribution in [0.25, 0.3) is 22.3 Å². The SMILES string of the molecule is COc1cc(-c2cccc(-c3cccc(NC(=O)C4CN(C)C(=O)N(C)C4=O)c3C)c2Cl)cc(F)c1CN1CCC(C)(C(=O)O)CC1. The number of hydrogen-bond acceptors (Lipinski definition) is 6. The second kappa shape index (κ2) is 13.3. The lowest BCUT2D eigenvalue weighted by molar-refractivity contribution is -0.150. The highest BCUT2D eigenvalue weighted by molar-refractivity contribution is 6.36. The van der Waals surface area contributed by atoms with Gasteiger partial charge in [-0.1, -0.05) is 41.9 Å². The van der Waals surface area contributed by atoms with E-state index in [1.807, 2.05) is 30.0 Å². The van der Waals surface area contributed by atoms with Gasteiger partial charge in [0.1, 0.15) is 17.5 Å². The zero-order valence-electron chi connectivity index (χ0n) is 27.0. The number of rotatable bonds is 8. The molecule has 2 aliphatic rings. The van der Waals surface area contributed by atoms with Gasteiger partial charge in [0.15, 0.2) is 0 Å². The molecular formula is C35H38ClFN4O6. The molecule has 12 heteroatoms. The van der Waals surface area contributed by atoms with Gasteiger partial charge in [0, 0.05) is 49.6 Å². The van der Waals surface area contributed by atoms with Crippen LogP contribution in [0.4, 0.5) is 14.9 Å². The molecular weight excluding hydrogens is 627 g/mol. The molecule has 0 aliphatic carbocycles. The Balaban J connectivity index is 1.40. The highest BCUT2D eigenvalue weighted by Crippen LogP contribution is 2.41. The largest absolute Gasteiger partial charge is 0.496 e. The van der Waals surface area contributed by atoms with Crippen LogP contribution in [0.15, 0.2) is 48.5 Å². The monoisotopic (exact) mass is 664 g/mol. The van der Waals surface area contributed by atoms with E-state index < -0.39 is 41.0 Å². The van der Waals surface area contributed by atoms with Gasteiger partial charge in [-0.05, 0) is 74.7 Å². The van der Waals surface area contributed by atoms with Crippen molar-refractivity contribution in [2.75, 3.05) is 46.2 Å². The third kappa shape index (κ3) is 6.55. The molecule has 47 heavy (non-hydrogen) atoms. The summed E-state index contributed by atoms with van der Waals surface area (Å²) in [6.45, 7) is 4.90. The van der Waals surface area contributed by atoms with E-state index in [0.717, 1.165) is 10.5 Å². The Labute approximate surface area is 278 Å². The maximum Gasteiger partial charge on any atom is 0.326 e. The van der Waals surface area contributed by atoms with Crippen molar-refractivity contribution in [3.05, 3.63) is 70.5 Å². The molecule has 2 fully saturated rings. The topological polar surface area (TPSA) is 119 Å². The Morgan fingerprint density at radius 3 is 2.36 bits per heavy atom. The third-order valence-electron chi connectivity index (χ3n) is 9.44. The molecule has 2 N–H and O–H groups in total. The Morgan fingerprint density at radius 2 is 1.70 bits per heavy atom. The Bertz CT molecular complexity index is 1760. The van der Waals surface area contributed by atoms with Crippen molar-refractivity contribution < 1.29 is 33.4 Å². The summed E-state index contributed by atoms with van der Waals surface area (Å²) in [7, 11) is 4.37. The highest BCUT2D eigenvalue weighted by atomic mass is 35.5. The Hall–Kier alpha value is -4.48. The summed E-state index contributed by atoms with van der Waals surface area (Å²) < 4.78 is 21.4. The average molecular weight is 665 g/mol. The molecule has 10 nitrogen and oxygen atoms in total. The number of likely N-dealkylation sites (tertiary alicyclic amines) is 1. The predicted molar refractivity (Wildman–Crippen MR) is 177 cm³/mol. The molecule has 0 bridgehead atoms. The van der Waals surface area contributed by atoms with Gasteiger partial charge in [0.05, 0.1) is 17.5 Å². The first kappa shape index (κ1) is 33.9. The number of piperidine rings is 1. The fourth-order valence-electron chi connectivity index (χ4n) is 6.20. The summed E-state index contributed by atoms with van der Waals surface area (Å²) in [5.41, 5.74) is 3.31. The molecule has 248 valence electrons. The molecule has 0 aromatic heterocycles. The number of urea groups is 1. The van der Waals surface area contributed by atoms with Gasteiger partial charge >= 0.3 is 12.0 Å². The summed E-state index contributed by atoms with van der Waals surface area (Å²) in [4.78, 5) is 53.9. The Kier molecular flexibility index (Phi) is 9.60. The molecule has 3 aromatic carbocycles. The summed E-state index contributed by atoms with van der Waals surface area (Å²) in [6.07, 6.45) is 0.955. The number of benzene rings is 3. The summed E-state index contributed by atoms with van der Waals surface area (Å²) >= 11 is 7.00. The minimum atomic E-state index is -1.05. The molecule has 3 aromatic rings. The molecule has 2 saturated heterocycles. The van der Waals surface area contributed by atoms with E-state index >= 15 is 4.39 Å². The fourth-order valence-corrected chi connectivity index (χ4v) is 6.54. The number of nitrogens with zero attached hydrogens (tertiary/aromatic N) is 3. The second-order valence-corrected chi connectivity index (χ2v) is 12.9. The van der Waals surface area contributed by atoms with Gasteiger partial charge in [-0.15, -0.1) is 0 Å². The van der Waals surface area contributed by atoms with Crippen molar-refractivity contribution >= 4 is 41.1 Å². The Morgan fingerprint density at radius 1 is 1.06 bits per heavy atom. The number of aliphatic carboxylic acids is 1. The minimum Gasteiger partial charge on any atom is -0.496 e. The van der Waals surface area contributed by atoms with Crippen molar-refractivity contribution in [1.82, 2.24) is 14.7 Å². The number of hydrogen-bond donors (Lipinski definition) is 2. The number of carbonyl (C=O) groups is 4. The van der Waals surface area contributed by atoms with E-state index in [0.29, 0.717) is 70.2 Å². The van der Waals surface area contributed by atoms with E-state index in [9.17, 15) is 24.3 Å². The van der Waals surface area contributed by atoms with Crippen LogP contribution in [0.5, 0.6) is 5.75 Å². The first-order valence-electron chi connectivity index (χ1n) is 15.3. The number of carboxylic acid groups (broad SMARTS) is 1. The van der Waals surface area contributed by atoms with Crippen LogP contribution in [0, 0.1) is 24.1 Å². The first-order valence-corrected chi connectivity index (χ1v) is 15.7. The van der Waals surface area contributed by atoms with Gasteiger partial charge < -0.3 is 20.1 Å². The molecule has 0 radical (unpaired) electrons. The molecule has 0 saturated carbocycles. The number of halogens is 2. The number of anilines is 1. The lowest BCUT2D eigenvalue weighted by Gasteiger charge is -2.36. The van der Waals surface area contributed by atoms with Gasteiger partial charge in [0.2, 0.25) is 11.8 Å². The number of methoxy groups -OCH3 is 1. The van der Waals surface area contributed by atoms with E-state index in [2.05, 4.69) is 5.32 Å². The highest BCUT2D eigenvalue weighted by Gasteiger charge is 2.40. The number of ether oxygens (including phenoxy) is 1. The van der Waals surface area contributed by atoms with Crippen molar-refractivity contribution in [3.8, 4) is 28.0 Å². The quantitative estimate of drug-likeness (QED) is 0.288. The summed E-state index contributed by atoms with van der Waals surface area (Å²) in [5.74, 6) is -3.05. The maximum absolute atomic E-state index is 15.7. The van der Waals surface area contributed by atoms with Gasteiger partial charge in [-0.2, -0.15) is 0 Å². The standard InChI is InChI=1S/C35H38ClFN4O6/c1-20-22(8-7-11-28(20)38-31(42)26-18-39(3)34(46)40(4)32(26)43)24-10-6-9-23(30(24)36)21-16-27(37)25(29(17-21)47-5)19-41-14-12-35(2,13-15-41)33(44)45/h6-11,16-17,26H,12-15,18-19H2,1-5H3,(H,38,42)(H,44,45). The zero-order valence-corrected chi connectivity index (χ0v) is 27.8. The molecule has 2 aliphatic heterocycles. The lowest BCUT2D eigenvalue weighted by atomic mass is 9.80.